The molecule has 13 heavy (non-hydrogen) atoms. The number of nitrogens with zero attached hydrogens (tertiary/aromatic N) is 1. The quantitative estimate of drug-likeness (QED) is 0.552. The van der Waals surface area contributed by atoms with Crippen molar-refractivity contribution in [1.29, 1.82) is 0 Å². The SMILES string of the molecule is N[C@H]1C[C@H]2COC[C@@H](C1)N2C(=O)O. The topological polar surface area (TPSA) is 75.8 Å². The first-order valence-electron chi connectivity index (χ1n) is 4.53. The third-order valence-electron chi connectivity index (χ3n) is 2.78. The molecule has 3 atom stereocenters. The van der Waals surface area contributed by atoms with E-state index in [0.29, 0.717) is 13.2 Å². The molecule has 1 amide bonds. The van der Waals surface area contributed by atoms with E-state index in [4.69, 9.17) is 15.6 Å². The predicted octanol–water partition coefficient (Wildman–Crippen LogP) is -0.145. The summed E-state index contributed by atoms with van der Waals surface area (Å²) in [6.45, 7) is 0.993. The van der Waals surface area contributed by atoms with E-state index in [0.717, 1.165) is 12.8 Å². The smallest absolute Gasteiger partial charge is 0.407 e. The van der Waals surface area contributed by atoms with E-state index >= 15 is 0 Å². The Morgan fingerprint density at radius 3 is 2.38 bits per heavy atom. The molecule has 2 heterocycles. The maximum atomic E-state index is 10.9. The summed E-state index contributed by atoms with van der Waals surface area (Å²) in [6.07, 6.45) is 0.608. The molecular formula is C8H14N2O3. The van der Waals surface area contributed by atoms with E-state index in [1.807, 2.05) is 0 Å². The van der Waals surface area contributed by atoms with Gasteiger partial charge in [0.2, 0.25) is 0 Å². The molecule has 2 saturated heterocycles. The number of nitrogens with two attached hydrogens (primary N) is 1. The first-order chi connectivity index (χ1) is 6.18. The van der Waals surface area contributed by atoms with Crippen LogP contribution in [0.1, 0.15) is 12.8 Å². The van der Waals surface area contributed by atoms with Gasteiger partial charge in [0.05, 0.1) is 25.3 Å². The molecule has 2 bridgehead atoms. The molecule has 0 saturated carbocycles. The Bertz CT molecular complexity index is 207. The number of hydrogen-bond donors (Lipinski definition) is 2. The number of hydrogen-bond acceptors (Lipinski definition) is 3. The van der Waals surface area contributed by atoms with Crippen LogP contribution >= 0.6 is 0 Å². The van der Waals surface area contributed by atoms with Gasteiger partial charge in [0.25, 0.3) is 0 Å². The molecule has 5 heteroatoms. The third-order valence-corrected chi connectivity index (χ3v) is 2.78. The van der Waals surface area contributed by atoms with Crippen LogP contribution in [0.4, 0.5) is 4.79 Å². The monoisotopic (exact) mass is 186 g/mol. The van der Waals surface area contributed by atoms with Gasteiger partial charge in [0.15, 0.2) is 0 Å². The van der Waals surface area contributed by atoms with Crippen molar-refractivity contribution < 1.29 is 14.6 Å². The Morgan fingerprint density at radius 2 is 1.92 bits per heavy atom. The molecule has 5 nitrogen and oxygen atoms in total. The van der Waals surface area contributed by atoms with Crippen LogP contribution in [0.2, 0.25) is 0 Å². The second kappa shape index (κ2) is 3.16. The van der Waals surface area contributed by atoms with Gasteiger partial charge in [0.1, 0.15) is 0 Å². The molecule has 2 aliphatic heterocycles. The Hall–Kier alpha value is -0.810. The number of fused-ring (bicyclic) bond motifs is 2. The molecule has 0 aromatic heterocycles. The highest BCUT2D eigenvalue weighted by molar-refractivity contribution is 5.66. The first-order valence-corrected chi connectivity index (χ1v) is 4.53. The fourth-order valence-corrected chi connectivity index (χ4v) is 2.27. The largest absolute Gasteiger partial charge is 0.465 e. The highest BCUT2D eigenvalue weighted by Gasteiger charge is 2.40. The predicted molar refractivity (Wildman–Crippen MR) is 45.5 cm³/mol. The van der Waals surface area contributed by atoms with Crippen molar-refractivity contribution in [1.82, 2.24) is 4.90 Å². The minimum atomic E-state index is -0.842. The van der Waals surface area contributed by atoms with Crippen LogP contribution in [-0.2, 0) is 4.74 Å². The molecule has 2 rings (SSSR count). The van der Waals surface area contributed by atoms with Gasteiger partial charge in [-0.3, -0.25) is 4.90 Å². The Balaban J connectivity index is 2.14. The number of amides is 1. The highest BCUT2D eigenvalue weighted by atomic mass is 16.5. The van der Waals surface area contributed by atoms with Crippen LogP contribution in [0.3, 0.4) is 0 Å². The first kappa shape index (κ1) is 8.77. The Labute approximate surface area is 76.5 Å². The van der Waals surface area contributed by atoms with Crippen molar-refractivity contribution in [3.05, 3.63) is 0 Å². The van der Waals surface area contributed by atoms with Crippen molar-refractivity contribution >= 4 is 6.09 Å². The van der Waals surface area contributed by atoms with Gasteiger partial charge < -0.3 is 15.6 Å². The van der Waals surface area contributed by atoms with Gasteiger partial charge in [-0.1, -0.05) is 0 Å². The zero-order valence-corrected chi connectivity index (χ0v) is 7.35. The van der Waals surface area contributed by atoms with Crippen LogP contribution in [0, 0.1) is 0 Å². The summed E-state index contributed by atoms with van der Waals surface area (Å²) in [7, 11) is 0. The minimum absolute atomic E-state index is 0.0278. The lowest BCUT2D eigenvalue weighted by Gasteiger charge is -2.46. The molecular weight excluding hydrogens is 172 g/mol. The standard InChI is InChI=1S/C8H14N2O3/c9-5-1-6-3-13-4-7(2-5)10(6)8(11)12/h5-7H,1-4,9H2,(H,11,12)/t5-,6-,7+. The molecule has 0 aromatic rings. The van der Waals surface area contributed by atoms with Gasteiger partial charge in [-0.05, 0) is 12.8 Å². The summed E-state index contributed by atoms with van der Waals surface area (Å²) in [5.41, 5.74) is 5.81. The second-order valence-corrected chi connectivity index (χ2v) is 3.77. The molecule has 3 N–H and O–H groups in total. The Kier molecular flexibility index (Phi) is 2.13. The van der Waals surface area contributed by atoms with Crippen LogP contribution in [0.15, 0.2) is 0 Å². The molecule has 74 valence electrons. The van der Waals surface area contributed by atoms with E-state index in [-0.39, 0.29) is 18.1 Å². The summed E-state index contributed by atoms with van der Waals surface area (Å²) in [5, 5.41) is 8.96. The van der Waals surface area contributed by atoms with Gasteiger partial charge in [-0.2, -0.15) is 0 Å². The number of rotatable bonds is 0. The summed E-state index contributed by atoms with van der Waals surface area (Å²) in [6, 6.07) is 0.0782. The average molecular weight is 186 g/mol. The van der Waals surface area contributed by atoms with Crippen molar-refractivity contribution in [2.45, 2.75) is 31.0 Å². The number of piperidine rings is 1. The van der Waals surface area contributed by atoms with Crippen molar-refractivity contribution in [2.75, 3.05) is 13.2 Å². The molecule has 0 aliphatic carbocycles. The third kappa shape index (κ3) is 1.49. The molecule has 0 spiro atoms. The van der Waals surface area contributed by atoms with Crippen LogP contribution in [0.25, 0.3) is 0 Å². The summed E-state index contributed by atoms with van der Waals surface area (Å²) >= 11 is 0. The number of ether oxygens (including phenoxy) is 1. The van der Waals surface area contributed by atoms with Gasteiger partial charge in [-0.15, -0.1) is 0 Å². The van der Waals surface area contributed by atoms with E-state index in [2.05, 4.69) is 0 Å². The summed E-state index contributed by atoms with van der Waals surface area (Å²) < 4.78 is 5.30. The van der Waals surface area contributed by atoms with Crippen molar-refractivity contribution in [3.63, 3.8) is 0 Å². The maximum absolute atomic E-state index is 10.9. The molecule has 2 aliphatic rings. The molecule has 0 aromatic carbocycles. The molecule has 0 unspecified atom stereocenters. The molecule has 0 radical (unpaired) electrons. The minimum Gasteiger partial charge on any atom is -0.465 e. The van der Waals surface area contributed by atoms with Gasteiger partial charge in [-0.25, -0.2) is 4.79 Å². The number of morpholine rings is 1. The number of carboxylic acid groups (broad SMARTS) is 1. The lowest BCUT2D eigenvalue weighted by molar-refractivity contribution is -0.0637. The molecule has 2 fully saturated rings. The fourth-order valence-electron chi connectivity index (χ4n) is 2.27. The lowest BCUT2D eigenvalue weighted by atomic mass is 9.91. The van der Waals surface area contributed by atoms with Crippen molar-refractivity contribution in [3.8, 4) is 0 Å². The van der Waals surface area contributed by atoms with Crippen LogP contribution in [0.5, 0.6) is 0 Å². The average Bonchev–Trinajstić information content (AvgIpc) is 2.01. The van der Waals surface area contributed by atoms with Crippen LogP contribution in [-0.4, -0.2) is 47.4 Å². The van der Waals surface area contributed by atoms with Crippen LogP contribution < -0.4 is 5.73 Å². The number of carbonyl (C=O) groups is 1. The zero-order valence-electron chi connectivity index (χ0n) is 7.35. The van der Waals surface area contributed by atoms with E-state index in [1.54, 1.807) is 0 Å². The highest BCUT2D eigenvalue weighted by Crippen LogP contribution is 2.26. The van der Waals surface area contributed by atoms with Crippen molar-refractivity contribution in [2.24, 2.45) is 5.73 Å². The fraction of sp³-hybridized carbons (Fsp3) is 0.875. The maximum Gasteiger partial charge on any atom is 0.407 e. The van der Waals surface area contributed by atoms with E-state index < -0.39 is 6.09 Å². The van der Waals surface area contributed by atoms with Gasteiger partial charge >= 0.3 is 6.09 Å². The van der Waals surface area contributed by atoms with E-state index in [1.165, 1.54) is 4.90 Å². The Morgan fingerprint density at radius 1 is 1.38 bits per heavy atom. The summed E-state index contributed by atoms with van der Waals surface area (Å²) in [4.78, 5) is 12.4. The normalized spacial score (nSPS) is 38.8. The summed E-state index contributed by atoms with van der Waals surface area (Å²) in [5.74, 6) is 0. The lowest BCUT2D eigenvalue weighted by Crippen LogP contribution is -2.61. The zero-order chi connectivity index (χ0) is 9.42. The van der Waals surface area contributed by atoms with Gasteiger partial charge in [0, 0.05) is 6.04 Å². The second-order valence-electron chi connectivity index (χ2n) is 3.77. The van der Waals surface area contributed by atoms with E-state index in [9.17, 15) is 4.79 Å².